The van der Waals surface area contributed by atoms with E-state index in [0.717, 1.165) is 55.9 Å². The maximum Gasteiger partial charge on any atom is 0.149 e. The number of fused-ring (bicyclic) bond motifs is 4. The number of phenols is 1. The lowest BCUT2D eigenvalue weighted by molar-refractivity contribution is 0.477. The van der Waals surface area contributed by atoms with E-state index in [4.69, 9.17) is 9.97 Å². The molecule has 0 unspecified atom stereocenters. The number of pyridine rings is 1. The first-order chi connectivity index (χ1) is 27.8. The molecule has 0 bridgehead atoms. The van der Waals surface area contributed by atoms with Crippen molar-refractivity contribution in [1.82, 2.24) is 19.1 Å². The molecule has 10 rings (SSSR count). The lowest BCUT2D eigenvalue weighted by Gasteiger charge is -2.22. The van der Waals surface area contributed by atoms with E-state index in [2.05, 4.69) is 163 Å². The van der Waals surface area contributed by atoms with Crippen molar-refractivity contribution in [2.45, 2.75) is 26.2 Å². The van der Waals surface area contributed by atoms with Crippen molar-refractivity contribution in [3.05, 3.63) is 188 Å². The minimum Gasteiger partial charge on any atom is -0.507 e. The van der Waals surface area contributed by atoms with Gasteiger partial charge in [-0.25, -0.2) is 4.98 Å². The summed E-state index contributed by atoms with van der Waals surface area (Å²) in [7, 11) is 0. The zero-order chi connectivity index (χ0) is 38.7. The Bertz CT molecular complexity index is 3110. The van der Waals surface area contributed by atoms with Gasteiger partial charge >= 0.3 is 0 Å². The molecule has 0 spiro atoms. The summed E-state index contributed by atoms with van der Waals surface area (Å²) in [5, 5.41) is 13.5. The van der Waals surface area contributed by atoms with E-state index >= 15 is 0 Å². The lowest BCUT2D eigenvalue weighted by atomic mass is 9.83. The SMILES string of the molecule is CC(C)(C)c1cc(-c2cc(-c3cccc4c5ccccc5n(-c5ccccc5)c34)ccn2)cc(-c2cccc3c2nc(-c2ccccc2O)n3-c2ccccc2)c1. The van der Waals surface area contributed by atoms with Crippen molar-refractivity contribution in [1.29, 1.82) is 0 Å². The molecule has 5 nitrogen and oxygen atoms in total. The van der Waals surface area contributed by atoms with E-state index in [0.29, 0.717) is 11.4 Å². The first-order valence-corrected chi connectivity index (χ1v) is 19.4. The number of benzene rings is 7. The van der Waals surface area contributed by atoms with Gasteiger partial charge in [-0.2, -0.15) is 0 Å². The van der Waals surface area contributed by atoms with Gasteiger partial charge in [-0.1, -0.05) is 124 Å². The number of phenolic OH excluding ortho intramolecular Hbond substituents is 1. The molecular formula is C52H40N4O. The molecule has 0 aliphatic carbocycles. The summed E-state index contributed by atoms with van der Waals surface area (Å²) < 4.78 is 4.53. The summed E-state index contributed by atoms with van der Waals surface area (Å²) in [4.78, 5) is 10.3. The number of aromatic hydroxyl groups is 1. The fourth-order valence-corrected chi connectivity index (χ4v) is 8.23. The Kier molecular flexibility index (Phi) is 8.12. The average Bonchev–Trinajstić information content (AvgIpc) is 3.81. The molecule has 0 saturated heterocycles. The van der Waals surface area contributed by atoms with Gasteiger partial charge in [0, 0.05) is 45.0 Å². The van der Waals surface area contributed by atoms with Crippen LogP contribution in [0.2, 0.25) is 0 Å². The van der Waals surface area contributed by atoms with Gasteiger partial charge < -0.3 is 9.67 Å². The Morgan fingerprint density at radius 3 is 1.88 bits per heavy atom. The van der Waals surface area contributed by atoms with Gasteiger partial charge in [-0.05, 0) is 94.9 Å². The van der Waals surface area contributed by atoms with E-state index in [1.165, 1.54) is 27.4 Å². The van der Waals surface area contributed by atoms with E-state index in [1.54, 1.807) is 6.07 Å². The molecule has 274 valence electrons. The third-order valence-corrected chi connectivity index (χ3v) is 11.0. The van der Waals surface area contributed by atoms with Crippen LogP contribution in [-0.4, -0.2) is 24.2 Å². The highest BCUT2D eigenvalue weighted by atomic mass is 16.3. The number of imidazole rings is 1. The molecule has 1 N–H and O–H groups in total. The van der Waals surface area contributed by atoms with E-state index in [1.807, 2.05) is 42.6 Å². The lowest BCUT2D eigenvalue weighted by Crippen LogP contribution is -2.11. The Morgan fingerprint density at radius 1 is 0.491 bits per heavy atom. The van der Waals surface area contributed by atoms with Gasteiger partial charge in [0.1, 0.15) is 11.6 Å². The van der Waals surface area contributed by atoms with E-state index in [-0.39, 0.29) is 11.2 Å². The average molecular weight is 737 g/mol. The van der Waals surface area contributed by atoms with Crippen LogP contribution in [0.1, 0.15) is 26.3 Å². The molecule has 10 aromatic rings. The summed E-state index contributed by atoms with van der Waals surface area (Å²) >= 11 is 0. The fourth-order valence-electron chi connectivity index (χ4n) is 8.23. The summed E-state index contributed by atoms with van der Waals surface area (Å²) in [6.45, 7) is 6.76. The first kappa shape index (κ1) is 34.3. The normalized spacial score (nSPS) is 11.8. The van der Waals surface area contributed by atoms with Crippen molar-refractivity contribution >= 4 is 32.8 Å². The van der Waals surface area contributed by atoms with Gasteiger partial charge in [0.15, 0.2) is 0 Å². The monoisotopic (exact) mass is 736 g/mol. The summed E-state index contributed by atoms with van der Waals surface area (Å²) in [5.74, 6) is 0.875. The molecular weight excluding hydrogens is 697 g/mol. The quantitative estimate of drug-likeness (QED) is 0.185. The van der Waals surface area contributed by atoms with Crippen molar-refractivity contribution < 1.29 is 5.11 Å². The summed E-state index contributed by atoms with van der Waals surface area (Å²) in [5.41, 5.74) is 14.3. The number of hydrogen-bond acceptors (Lipinski definition) is 3. The second-order valence-electron chi connectivity index (χ2n) is 15.7. The second kappa shape index (κ2) is 13.5. The molecule has 0 atom stereocenters. The number of hydrogen-bond donors (Lipinski definition) is 1. The first-order valence-electron chi connectivity index (χ1n) is 19.4. The smallest absolute Gasteiger partial charge is 0.149 e. The van der Waals surface area contributed by atoms with Crippen LogP contribution >= 0.6 is 0 Å². The molecule has 5 heteroatoms. The molecule has 0 fully saturated rings. The molecule has 7 aromatic carbocycles. The highest BCUT2D eigenvalue weighted by Gasteiger charge is 2.23. The zero-order valence-electron chi connectivity index (χ0n) is 32.1. The third kappa shape index (κ3) is 5.87. The molecule has 0 aliphatic heterocycles. The van der Waals surface area contributed by atoms with Crippen LogP contribution in [0.3, 0.4) is 0 Å². The fraction of sp³-hybridized carbons (Fsp3) is 0.0769. The second-order valence-corrected chi connectivity index (χ2v) is 15.7. The van der Waals surface area contributed by atoms with Crippen molar-refractivity contribution in [2.24, 2.45) is 0 Å². The van der Waals surface area contributed by atoms with Crippen LogP contribution < -0.4 is 0 Å². The maximum absolute atomic E-state index is 11.0. The minimum atomic E-state index is -0.136. The van der Waals surface area contributed by atoms with E-state index in [9.17, 15) is 5.11 Å². The van der Waals surface area contributed by atoms with Crippen molar-refractivity contribution in [3.8, 4) is 62.0 Å². The van der Waals surface area contributed by atoms with Gasteiger partial charge in [-0.3, -0.25) is 9.55 Å². The topological polar surface area (TPSA) is 55.9 Å². The van der Waals surface area contributed by atoms with Crippen molar-refractivity contribution in [2.75, 3.05) is 0 Å². The minimum absolute atomic E-state index is 0.136. The molecule has 57 heavy (non-hydrogen) atoms. The summed E-state index contributed by atoms with van der Waals surface area (Å²) in [6.07, 6.45) is 1.93. The number of rotatable bonds is 6. The maximum atomic E-state index is 11.0. The van der Waals surface area contributed by atoms with Crippen LogP contribution in [0.25, 0.3) is 89.1 Å². The van der Waals surface area contributed by atoms with Crippen LogP contribution in [-0.2, 0) is 5.41 Å². The number of nitrogens with zero attached hydrogens (tertiary/aromatic N) is 4. The van der Waals surface area contributed by atoms with Gasteiger partial charge in [0.05, 0.1) is 33.3 Å². The van der Waals surface area contributed by atoms with Crippen molar-refractivity contribution in [3.63, 3.8) is 0 Å². The van der Waals surface area contributed by atoms with Crippen LogP contribution in [0, 0.1) is 0 Å². The molecule has 3 aromatic heterocycles. The molecule has 0 saturated carbocycles. The molecule has 3 heterocycles. The zero-order valence-corrected chi connectivity index (χ0v) is 32.1. The Balaban J connectivity index is 1.17. The summed E-state index contributed by atoms with van der Waals surface area (Å²) in [6, 6.07) is 61.1. The highest BCUT2D eigenvalue weighted by molar-refractivity contribution is 6.14. The van der Waals surface area contributed by atoms with Gasteiger partial charge in [-0.15, -0.1) is 0 Å². The van der Waals surface area contributed by atoms with Crippen LogP contribution in [0.4, 0.5) is 0 Å². The predicted molar refractivity (Wildman–Crippen MR) is 235 cm³/mol. The Morgan fingerprint density at radius 2 is 1.11 bits per heavy atom. The highest BCUT2D eigenvalue weighted by Crippen LogP contribution is 2.42. The standard InChI is InChI=1S/C52H40N4O/c1-52(2,3)37-31-35(40-22-15-26-47-49(40)54-51(44-21-11-13-27-48(44)57)56(47)39-18-8-5-9-19-39)30-36(32-37)45-33-34(28-29-53-45)41-23-14-24-43-42-20-10-12-25-46(42)55(50(41)43)38-16-6-4-7-17-38/h4-33,57H,1-3H3. The van der Waals surface area contributed by atoms with E-state index < -0.39 is 0 Å². The number of aromatic nitrogens is 4. The largest absolute Gasteiger partial charge is 0.507 e. The third-order valence-electron chi connectivity index (χ3n) is 11.0. The van der Waals surface area contributed by atoms with Crippen LogP contribution in [0.5, 0.6) is 5.75 Å². The molecule has 0 radical (unpaired) electrons. The Hall–Kier alpha value is -7.24. The van der Waals surface area contributed by atoms with Gasteiger partial charge in [0.25, 0.3) is 0 Å². The molecule has 0 amide bonds. The molecule has 0 aliphatic rings. The Labute approximate surface area is 331 Å². The van der Waals surface area contributed by atoms with Crippen LogP contribution in [0.15, 0.2) is 182 Å². The predicted octanol–water partition coefficient (Wildman–Crippen LogP) is 13.2. The number of para-hydroxylation sites is 6. The van der Waals surface area contributed by atoms with Gasteiger partial charge in [0.2, 0.25) is 0 Å².